The summed E-state index contributed by atoms with van der Waals surface area (Å²) in [6, 6.07) is 5.93. The Morgan fingerprint density at radius 2 is 1.76 bits per heavy atom. The molecule has 0 bridgehead atoms. The standard InChI is InChI=1S/C14H15NO2/c1-8-5-11-7-12(14(16)17-4)10(3)15-13(11)6-9(8)2/h5-7H,1-4H3. The first-order valence-electron chi connectivity index (χ1n) is 5.50. The van der Waals surface area contributed by atoms with Gasteiger partial charge in [0.25, 0.3) is 0 Å². The van der Waals surface area contributed by atoms with Crippen molar-refractivity contribution >= 4 is 16.9 Å². The largest absolute Gasteiger partial charge is 0.465 e. The molecule has 1 heterocycles. The predicted molar refractivity (Wildman–Crippen MR) is 67.3 cm³/mol. The molecule has 2 aromatic rings. The van der Waals surface area contributed by atoms with Crippen LogP contribution in [0.15, 0.2) is 18.2 Å². The van der Waals surface area contributed by atoms with Crippen LogP contribution in [-0.2, 0) is 4.74 Å². The van der Waals surface area contributed by atoms with Crippen LogP contribution < -0.4 is 0 Å². The highest BCUT2D eigenvalue weighted by Crippen LogP contribution is 2.21. The summed E-state index contributed by atoms with van der Waals surface area (Å²) in [5, 5.41) is 0.971. The maximum atomic E-state index is 11.6. The molecule has 0 N–H and O–H groups in total. The number of pyridine rings is 1. The van der Waals surface area contributed by atoms with Gasteiger partial charge in [0.05, 0.1) is 23.9 Å². The van der Waals surface area contributed by atoms with Gasteiger partial charge in [-0.05, 0) is 50.1 Å². The fourth-order valence-corrected chi connectivity index (χ4v) is 1.85. The molecule has 0 saturated heterocycles. The van der Waals surface area contributed by atoms with E-state index in [1.54, 1.807) is 0 Å². The number of carbonyl (C=O) groups excluding carboxylic acids is 1. The summed E-state index contributed by atoms with van der Waals surface area (Å²) in [6.07, 6.45) is 0. The summed E-state index contributed by atoms with van der Waals surface area (Å²) in [4.78, 5) is 16.0. The summed E-state index contributed by atoms with van der Waals surface area (Å²) in [5.41, 5.74) is 4.54. The molecule has 0 aliphatic rings. The summed E-state index contributed by atoms with van der Waals surface area (Å²) < 4.78 is 4.74. The SMILES string of the molecule is COC(=O)c1cc2cc(C)c(C)cc2nc1C. The number of ether oxygens (including phenoxy) is 1. The van der Waals surface area contributed by atoms with Crippen LogP contribution in [0.2, 0.25) is 0 Å². The minimum absolute atomic E-state index is 0.338. The number of hydrogen-bond donors (Lipinski definition) is 0. The molecule has 0 fully saturated rings. The zero-order valence-corrected chi connectivity index (χ0v) is 10.5. The van der Waals surface area contributed by atoms with Crippen molar-refractivity contribution in [3.63, 3.8) is 0 Å². The molecule has 0 aliphatic carbocycles. The van der Waals surface area contributed by atoms with E-state index in [1.165, 1.54) is 18.2 Å². The number of esters is 1. The van der Waals surface area contributed by atoms with E-state index in [1.807, 2.05) is 32.0 Å². The van der Waals surface area contributed by atoms with Gasteiger partial charge in [0.15, 0.2) is 0 Å². The Kier molecular flexibility index (Phi) is 2.84. The Bertz CT molecular complexity index is 603. The van der Waals surface area contributed by atoms with Crippen molar-refractivity contribution in [2.24, 2.45) is 0 Å². The van der Waals surface area contributed by atoms with Gasteiger partial charge in [0, 0.05) is 5.39 Å². The van der Waals surface area contributed by atoms with E-state index in [-0.39, 0.29) is 5.97 Å². The number of carbonyl (C=O) groups is 1. The zero-order valence-electron chi connectivity index (χ0n) is 10.5. The Hall–Kier alpha value is -1.90. The number of aromatic nitrogens is 1. The molecular weight excluding hydrogens is 214 g/mol. The Morgan fingerprint density at radius 3 is 2.41 bits per heavy atom. The lowest BCUT2D eigenvalue weighted by Crippen LogP contribution is -2.05. The second-order valence-corrected chi connectivity index (χ2v) is 4.24. The molecular formula is C14H15NO2. The van der Waals surface area contributed by atoms with Crippen molar-refractivity contribution < 1.29 is 9.53 Å². The maximum Gasteiger partial charge on any atom is 0.339 e. The molecule has 0 aliphatic heterocycles. The van der Waals surface area contributed by atoms with Crippen molar-refractivity contribution in [1.82, 2.24) is 4.98 Å². The van der Waals surface area contributed by atoms with E-state index in [0.29, 0.717) is 11.3 Å². The van der Waals surface area contributed by atoms with Crippen LogP contribution in [0.3, 0.4) is 0 Å². The van der Waals surface area contributed by atoms with Crippen LogP contribution in [-0.4, -0.2) is 18.1 Å². The summed E-state index contributed by atoms with van der Waals surface area (Å²) in [7, 11) is 1.38. The number of benzene rings is 1. The molecule has 1 aromatic carbocycles. The van der Waals surface area contributed by atoms with Crippen molar-refractivity contribution in [3.8, 4) is 0 Å². The average Bonchev–Trinajstić information content (AvgIpc) is 2.30. The number of fused-ring (bicyclic) bond motifs is 1. The second kappa shape index (κ2) is 4.17. The normalized spacial score (nSPS) is 10.6. The van der Waals surface area contributed by atoms with Crippen molar-refractivity contribution in [3.05, 3.63) is 40.6 Å². The molecule has 0 spiro atoms. The molecule has 0 amide bonds. The third kappa shape index (κ3) is 2.00. The lowest BCUT2D eigenvalue weighted by molar-refractivity contribution is 0.0599. The van der Waals surface area contributed by atoms with Gasteiger partial charge < -0.3 is 4.74 Å². The summed E-state index contributed by atoms with van der Waals surface area (Å²) in [6.45, 7) is 5.92. The van der Waals surface area contributed by atoms with Gasteiger partial charge in [-0.3, -0.25) is 4.98 Å². The van der Waals surface area contributed by atoms with Gasteiger partial charge in [-0.1, -0.05) is 0 Å². The van der Waals surface area contributed by atoms with Gasteiger partial charge in [0.2, 0.25) is 0 Å². The lowest BCUT2D eigenvalue weighted by atomic mass is 10.0. The van der Waals surface area contributed by atoms with Crippen LogP contribution in [0.25, 0.3) is 10.9 Å². The topological polar surface area (TPSA) is 39.2 Å². The fraction of sp³-hybridized carbons (Fsp3) is 0.286. The smallest absolute Gasteiger partial charge is 0.339 e. The predicted octanol–water partition coefficient (Wildman–Crippen LogP) is 2.95. The van der Waals surface area contributed by atoms with Gasteiger partial charge >= 0.3 is 5.97 Å². The maximum absolute atomic E-state index is 11.6. The van der Waals surface area contributed by atoms with Crippen LogP contribution >= 0.6 is 0 Å². The van der Waals surface area contributed by atoms with Gasteiger partial charge in [-0.2, -0.15) is 0 Å². The molecule has 0 radical (unpaired) electrons. The molecule has 3 heteroatoms. The number of aryl methyl sites for hydroxylation is 3. The van der Waals surface area contributed by atoms with Crippen molar-refractivity contribution in [2.45, 2.75) is 20.8 Å². The summed E-state index contributed by atoms with van der Waals surface area (Å²) in [5.74, 6) is -0.338. The quantitative estimate of drug-likeness (QED) is 0.706. The first kappa shape index (κ1) is 11.6. The van der Waals surface area contributed by atoms with Crippen LogP contribution in [0, 0.1) is 20.8 Å². The van der Waals surface area contributed by atoms with Crippen LogP contribution in [0.5, 0.6) is 0 Å². The highest BCUT2D eigenvalue weighted by atomic mass is 16.5. The number of methoxy groups -OCH3 is 1. The minimum Gasteiger partial charge on any atom is -0.465 e. The van der Waals surface area contributed by atoms with E-state index in [2.05, 4.69) is 11.9 Å². The van der Waals surface area contributed by atoms with Crippen molar-refractivity contribution in [1.29, 1.82) is 0 Å². The van der Waals surface area contributed by atoms with E-state index in [9.17, 15) is 4.79 Å². The molecule has 0 saturated carbocycles. The molecule has 1 aromatic heterocycles. The molecule has 0 unspecified atom stereocenters. The molecule has 2 rings (SSSR count). The van der Waals surface area contributed by atoms with E-state index in [4.69, 9.17) is 4.74 Å². The second-order valence-electron chi connectivity index (χ2n) is 4.24. The van der Waals surface area contributed by atoms with Gasteiger partial charge in [-0.25, -0.2) is 4.79 Å². The first-order chi connectivity index (χ1) is 8.02. The molecule has 3 nitrogen and oxygen atoms in total. The number of rotatable bonds is 1. The zero-order chi connectivity index (χ0) is 12.6. The lowest BCUT2D eigenvalue weighted by Gasteiger charge is -2.08. The Labute approximate surface area is 100 Å². The fourth-order valence-electron chi connectivity index (χ4n) is 1.85. The molecule has 88 valence electrons. The third-order valence-corrected chi connectivity index (χ3v) is 3.03. The van der Waals surface area contributed by atoms with Crippen LogP contribution in [0.1, 0.15) is 27.2 Å². The highest BCUT2D eigenvalue weighted by Gasteiger charge is 2.12. The Balaban J connectivity index is 2.71. The van der Waals surface area contributed by atoms with Crippen LogP contribution in [0.4, 0.5) is 0 Å². The highest BCUT2D eigenvalue weighted by molar-refractivity contribution is 5.95. The van der Waals surface area contributed by atoms with E-state index < -0.39 is 0 Å². The van der Waals surface area contributed by atoms with E-state index >= 15 is 0 Å². The summed E-state index contributed by atoms with van der Waals surface area (Å²) >= 11 is 0. The molecule has 17 heavy (non-hydrogen) atoms. The first-order valence-corrected chi connectivity index (χ1v) is 5.50. The van der Waals surface area contributed by atoms with E-state index in [0.717, 1.165) is 10.9 Å². The number of hydrogen-bond acceptors (Lipinski definition) is 3. The average molecular weight is 229 g/mol. The monoisotopic (exact) mass is 229 g/mol. The third-order valence-electron chi connectivity index (χ3n) is 3.03. The Morgan fingerprint density at radius 1 is 1.12 bits per heavy atom. The minimum atomic E-state index is -0.338. The van der Waals surface area contributed by atoms with Gasteiger partial charge in [0.1, 0.15) is 0 Å². The van der Waals surface area contributed by atoms with Gasteiger partial charge in [-0.15, -0.1) is 0 Å². The number of nitrogens with zero attached hydrogens (tertiary/aromatic N) is 1. The molecule has 0 atom stereocenters. The van der Waals surface area contributed by atoms with Crippen molar-refractivity contribution in [2.75, 3.05) is 7.11 Å².